The fourth-order valence-electron chi connectivity index (χ4n) is 2.69. The van der Waals surface area contributed by atoms with Crippen LogP contribution < -0.4 is 14.8 Å². The molecular formula is C21H17ClN2O6S. The van der Waals surface area contributed by atoms with Crippen LogP contribution in [0.2, 0.25) is 5.02 Å². The van der Waals surface area contributed by atoms with Gasteiger partial charge in [-0.05, 0) is 60.7 Å². The van der Waals surface area contributed by atoms with Crippen molar-refractivity contribution in [2.45, 2.75) is 4.90 Å². The largest absolute Gasteiger partial charge is 0.495 e. The summed E-state index contributed by atoms with van der Waals surface area (Å²) in [4.78, 5) is 23.3. The van der Waals surface area contributed by atoms with Gasteiger partial charge in [-0.2, -0.15) is 0 Å². The highest BCUT2D eigenvalue weighted by Crippen LogP contribution is 2.29. The number of hydrogen-bond donors (Lipinski definition) is 3. The minimum Gasteiger partial charge on any atom is -0.495 e. The molecule has 3 aromatic carbocycles. The number of sulfonamides is 1. The highest BCUT2D eigenvalue weighted by Gasteiger charge is 2.21. The lowest BCUT2D eigenvalue weighted by molar-refractivity contribution is 0.0696. The third-order valence-corrected chi connectivity index (χ3v) is 5.82. The van der Waals surface area contributed by atoms with E-state index < -0.39 is 21.9 Å². The Kier molecular flexibility index (Phi) is 6.47. The van der Waals surface area contributed by atoms with E-state index in [1.54, 1.807) is 0 Å². The predicted octanol–water partition coefficient (Wildman–Crippen LogP) is 4.10. The van der Waals surface area contributed by atoms with Gasteiger partial charge in [-0.25, -0.2) is 13.2 Å². The normalized spacial score (nSPS) is 10.9. The second-order valence-corrected chi connectivity index (χ2v) is 8.41. The van der Waals surface area contributed by atoms with Crippen LogP contribution in [0.4, 0.5) is 11.4 Å². The summed E-state index contributed by atoms with van der Waals surface area (Å²) >= 11 is 5.92. The highest BCUT2D eigenvalue weighted by molar-refractivity contribution is 7.92. The van der Waals surface area contributed by atoms with Crippen LogP contribution in [0, 0.1) is 0 Å². The molecule has 0 radical (unpaired) electrons. The molecule has 3 rings (SSSR count). The number of benzene rings is 3. The number of carbonyl (C=O) groups is 2. The number of ether oxygens (including phenoxy) is 1. The lowest BCUT2D eigenvalue weighted by Crippen LogP contribution is -2.16. The summed E-state index contributed by atoms with van der Waals surface area (Å²) in [6.07, 6.45) is 0. The third kappa shape index (κ3) is 5.33. The molecule has 0 spiro atoms. The van der Waals surface area contributed by atoms with Gasteiger partial charge < -0.3 is 15.2 Å². The van der Waals surface area contributed by atoms with Crippen LogP contribution in [-0.2, 0) is 10.0 Å². The number of aromatic carboxylic acids is 1. The first kappa shape index (κ1) is 22.1. The zero-order chi connectivity index (χ0) is 22.6. The quantitative estimate of drug-likeness (QED) is 0.488. The van der Waals surface area contributed by atoms with Crippen LogP contribution in [0.15, 0.2) is 71.6 Å². The summed E-state index contributed by atoms with van der Waals surface area (Å²) < 4.78 is 33.1. The van der Waals surface area contributed by atoms with E-state index in [1.807, 2.05) is 0 Å². The Hall–Kier alpha value is -3.56. The van der Waals surface area contributed by atoms with E-state index in [9.17, 15) is 18.0 Å². The average molecular weight is 461 g/mol. The maximum Gasteiger partial charge on any atom is 0.335 e. The van der Waals surface area contributed by atoms with E-state index in [2.05, 4.69) is 10.0 Å². The Morgan fingerprint density at radius 3 is 2.29 bits per heavy atom. The van der Waals surface area contributed by atoms with E-state index in [4.69, 9.17) is 21.4 Å². The molecule has 3 N–H and O–H groups in total. The molecule has 10 heteroatoms. The summed E-state index contributed by atoms with van der Waals surface area (Å²) in [5.74, 6) is -1.45. The Morgan fingerprint density at radius 1 is 0.935 bits per heavy atom. The van der Waals surface area contributed by atoms with Gasteiger partial charge in [0.1, 0.15) is 10.6 Å². The molecule has 0 aliphatic carbocycles. The maximum atomic E-state index is 12.8. The molecule has 0 bridgehead atoms. The van der Waals surface area contributed by atoms with Crippen molar-refractivity contribution in [3.05, 3.63) is 82.9 Å². The SMILES string of the molecule is COc1ccc(Cl)cc1S(=O)(=O)Nc1cccc(C(=O)Nc2ccc(C(=O)O)cc2)c1. The number of nitrogens with one attached hydrogen (secondary N) is 2. The lowest BCUT2D eigenvalue weighted by Gasteiger charge is -2.13. The van der Waals surface area contributed by atoms with Gasteiger partial charge in [0.25, 0.3) is 15.9 Å². The van der Waals surface area contributed by atoms with E-state index in [1.165, 1.54) is 73.8 Å². The minimum absolute atomic E-state index is 0.0887. The zero-order valence-corrected chi connectivity index (χ0v) is 17.7. The number of amides is 1. The van der Waals surface area contributed by atoms with E-state index in [0.29, 0.717) is 5.69 Å². The van der Waals surface area contributed by atoms with E-state index >= 15 is 0 Å². The van der Waals surface area contributed by atoms with Crippen molar-refractivity contribution < 1.29 is 27.9 Å². The Bertz CT molecular complexity index is 1240. The second kappa shape index (κ2) is 9.07. The molecule has 0 aliphatic rings. The molecule has 1 amide bonds. The van der Waals surface area contributed by atoms with Gasteiger partial charge in [0, 0.05) is 22.0 Å². The fraction of sp³-hybridized carbons (Fsp3) is 0.0476. The van der Waals surface area contributed by atoms with Crippen molar-refractivity contribution in [3.63, 3.8) is 0 Å². The monoisotopic (exact) mass is 460 g/mol. The van der Waals surface area contributed by atoms with Crippen molar-refractivity contribution in [1.29, 1.82) is 0 Å². The number of carboxylic acid groups (broad SMARTS) is 1. The first-order chi connectivity index (χ1) is 14.7. The van der Waals surface area contributed by atoms with Crippen molar-refractivity contribution in [3.8, 4) is 5.75 Å². The summed E-state index contributed by atoms with van der Waals surface area (Å²) in [6, 6.07) is 15.8. The number of hydrogen-bond acceptors (Lipinski definition) is 5. The molecule has 160 valence electrons. The van der Waals surface area contributed by atoms with Crippen LogP contribution in [0.5, 0.6) is 5.75 Å². The molecule has 0 aliphatic heterocycles. The number of carboxylic acids is 1. The van der Waals surface area contributed by atoms with E-state index in [-0.39, 0.29) is 32.5 Å². The molecule has 0 heterocycles. The molecule has 0 saturated heterocycles. The smallest absolute Gasteiger partial charge is 0.335 e. The first-order valence-corrected chi connectivity index (χ1v) is 10.7. The number of carbonyl (C=O) groups excluding carboxylic acids is 1. The summed E-state index contributed by atoms with van der Waals surface area (Å²) in [5.41, 5.74) is 0.840. The van der Waals surface area contributed by atoms with Gasteiger partial charge in [-0.15, -0.1) is 0 Å². The number of halogens is 1. The molecule has 0 atom stereocenters. The first-order valence-electron chi connectivity index (χ1n) is 8.81. The summed E-state index contributed by atoms with van der Waals surface area (Å²) in [6.45, 7) is 0. The van der Waals surface area contributed by atoms with Crippen LogP contribution in [0.3, 0.4) is 0 Å². The number of methoxy groups -OCH3 is 1. The molecule has 0 aromatic heterocycles. The minimum atomic E-state index is -4.04. The summed E-state index contributed by atoms with van der Waals surface area (Å²) in [5, 5.41) is 11.8. The van der Waals surface area contributed by atoms with Crippen molar-refractivity contribution in [2.75, 3.05) is 17.1 Å². The third-order valence-electron chi connectivity index (χ3n) is 4.18. The molecule has 8 nitrogen and oxygen atoms in total. The second-order valence-electron chi connectivity index (χ2n) is 6.32. The molecule has 0 fully saturated rings. The van der Waals surface area contributed by atoms with Gasteiger partial charge in [-0.3, -0.25) is 9.52 Å². The molecule has 0 saturated carbocycles. The van der Waals surface area contributed by atoms with Crippen molar-refractivity contribution in [1.82, 2.24) is 0 Å². The summed E-state index contributed by atoms with van der Waals surface area (Å²) in [7, 11) is -2.70. The Labute approximate surface area is 183 Å². The van der Waals surface area contributed by atoms with Gasteiger partial charge in [0.15, 0.2) is 0 Å². The highest BCUT2D eigenvalue weighted by atomic mass is 35.5. The van der Waals surface area contributed by atoms with Crippen molar-refractivity contribution >= 4 is 44.9 Å². The van der Waals surface area contributed by atoms with Crippen LogP contribution in [0.1, 0.15) is 20.7 Å². The van der Waals surface area contributed by atoms with Gasteiger partial charge in [0.05, 0.1) is 12.7 Å². The fourth-order valence-corrected chi connectivity index (χ4v) is 4.18. The standard InChI is InChI=1S/C21H17ClN2O6S/c1-30-18-10-7-15(22)12-19(18)31(28,29)24-17-4-2-3-14(11-17)20(25)23-16-8-5-13(6-9-16)21(26)27/h2-12,24H,1H3,(H,23,25)(H,26,27). The molecule has 31 heavy (non-hydrogen) atoms. The van der Waals surface area contributed by atoms with Crippen molar-refractivity contribution in [2.24, 2.45) is 0 Å². The lowest BCUT2D eigenvalue weighted by atomic mass is 10.1. The number of rotatable bonds is 7. The van der Waals surface area contributed by atoms with Crippen LogP contribution in [0.25, 0.3) is 0 Å². The van der Waals surface area contributed by atoms with Crippen LogP contribution >= 0.6 is 11.6 Å². The van der Waals surface area contributed by atoms with Gasteiger partial charge in [-0.1, -0.05) is 17.7 Å². The average Bonchev–Trinajstić information content (AvgIpc) is 2.74. The number of anilines is 2. The maximum absolute atomic E-state index is 12.8. The zero-order valence-electron chi connectivity index (χ0n) is 16.1. The molecular weight excluding hydrogens is 444 g/mol. The molecule has 3 aromatic rings. The Balaban J connectivity index is 1.80. The molecule has 0 unspecified atom stereocenters. The van der Waals surface area contributed by atoms with Gasteiger partial charge >= 0.3 is 5.97 Å². The topological polar surface area (TPSA) is 122 Å². The Morgan fingerprint density at radius 2 is 1.65 bits per heavy atom. The predicted molar refractivity (Wildman–Crippen MR) is 117 cm³/mol. The van der Waals surface area contributed by atoms with Crippen LogP contribution in [-0.4, -0.2) is 32.5 Å². The van der Waals surface area contributed by atoms with E-state index in [0.717, 1.165) is 0 Å². The van der Waals surface area contributed by atoms with Gasteiger partial charge in [0.2, 0.25) is 0 Å².